The SMILES string of the molecule is COc1cccc(OC(C)C(=O)N/N=C/c2ccc(Br)cc2)c1. The minimum atomic E-state index is -0.677. The molecule has 5 nitrogen and oxygen atoms in total. The number of hydrazone groups is 1. The lowest BCUT2D eigenvalue weighted by atomic mass is 10.2. The van der Waals surface area contributed by atoms with Crippen LogP contribution in [0.5, 0.6) is 11.5 Å². The number of hydrogen-bond donors (Lipinski definition) is 1. The fraction of sp³-hybridized carbons (Fsp3) is 0.176. The van der Waals surface area contributed by atoms with Crippen LogP contribution in [0.1, 0.15) is 12.5 Å². The van der Waals surface area contributed by atoms with Gasteiger partial charge >= 0.3 is 0 Å². The number of hydrogen-bond acceptors (Lipinski definition) is 4. The van der Waals surface area contributed by atoms with Crippen molar-refractivity contribution in [3.63, 3.8) is 0 Å². The second-order valence-electron chi connectivity index (χ2n) is 4.72. The van der Waals surface area contributed by atoms with Crippen molar-refractivity contribution >= 4 is 28.1 Å². The second kappa shape index (κ2) is 8.33. The van der Waals surface area contributed by atoms with Crippen molar-refractivity contribution in [3.05, 3.63) is 58.6 Å². The Morgan fingerprint density at radius 3 is 2.61 bits per heavy atom. The molecule has 2 aromatic carbocycles. The van der Waals surface area contributed by atoms with Gasteiger partial charge in [-0.3, -0.25) is 4.79 Å². The molecule has 2 rings (SSSR count). The highest BCUT2D eigenvalue weighted by molar-refractivity contribution is 9.10. The Hall–Kier alpha value is -2.34. The van der Waals surface area contributed by atoms with Gasteiger partial charge in [0.2, 0.25) is 0 Å². The van der Waals surface area contributed by atoms with Crippen LogP contribution in [0.15, 0.2) is 58.1 Å². The molecule has 0 saturated carbocycles. The summed E-state index contributed by atoms with van der Waals surface area (Å²) in [6.07, 6.45) is 0.895. The lowest BCUT2D eigenvalue weighted by Crippen LogP contribution is -2.33. The number of rotatable bonds is 6. The van der Waals surface area contributed by atoms with Crippen LogP contribution in [0.3, 0.4) is 0 Å². The van der Waals surface area contributed by atoms with E-state index in [0.717, 1.165) is 10.0 Å². The number of nitrogens with zero attached hydrogens (tertiary/aromatic N) is 1. The predicted octanol–water partition coefficient (Wildman–Crippen LogP) is 3.38. The molecule has 1 unspecified atom stereocenters. The van der Waals surface area contributed by atoms with E-state index in [9.17, 15) is 4.79 Å². The molecule has 0 aromatic heterocycles. The summed E-state index contributed by atoms with van der Waals surface area (Å²) >= 11 is 3.36. The molecular formula is C17H17BrN2O3. The summed E-state index contributed by atoms with van der Waals surface area (Å²) in [5.74, 6) is 0.897. The second-order valence-corrected chi connectivity index (χ2v) is 5.64. The minimum Gasteiger partial charge on any atom is -0.497 e. The van der Waals surface area contributed by atoms with Crippen molar-refractivity contribution in [1.82, 2.24) is 5.43 Å². The van der Waals surface area contributed by atoms with Gasteiger partial charge in [0.15, 0.2) is 6.10 Å². The third-order valence-electron chi connectivity index (χ3n) is 2.98. The van der Waals surface area contributed by atoms with E-state index in [1.165, 1.54) is 0 Å². The van der Waals surface area contributed by atoms with E-state index < -0.39 is 6.10 Å². The third kappa shape index (κ3) is 5.41. The van der Waals surface area contributed by atoms with Crippen molar-refractivity contribution in [3.8, 4) is 11.5 Å². The highest BCUT2D eigenvalue weighted by Gasteiger charge is 2.14. The number of carbonyl (C=O) groups excluding carboxylic acids is 1. The molecule has 0 fully saturated rings. The van der Waals surface area contributed by atoms with Crippen molar-refractivity contribution in [2.75, 3.05) is 7.11 Å². The highest BCUT2D eigenvalue weighted by Crippen LogP contribution is 2.19. The van der Waals surface area contributed by atoms with E-state index in [0.29, 0.717) is 11.5 Å². The van der Waals surface area contributed by atoms with Gasteiger partial charge in [-0.2, -0.15) is 5.10 Å². The molecule has 120 valence electrons. The average Bonchev–Trinajstić information content (AvgIpc) is 2.56. The summed E-state index contributed by atoms with van der Waals surface area (Å²) in [6.45, 7) is 1.66. The van der Waals surface area contributed by atoms with Crippen LogP contribution in [-0.4, -0.2) is 25.3 Å². The molecule has 1 atom stereocenters. The van der Waals surface area contributed by atoms with Gasteiger partial charge in [-0.05, 0) is 36.8 Å². The van der Waals surface area contributed by atoms with Crippen LogP contribution < -0.4 is 14.9 Å². The van der Waals surface area contributed by atoms with Crippen LogP contribution in [0.4, 0.5) is 0 Å². The first kappa shape index (κ1) is 17.0. The summed E-state index contributed by atoms with van der Waals surface area (Å²) in [6, 6.07) is 14.7. The Morgan fingerprint density at radius 1 is 1.22 bits per heavy atom. The number of halogens is 1. The Labute approximate surface area is 143 Å². The van der Waals surface area contributed by atoms with Crippen molar-refractivity contribution in [2.24, 2.45) is 5.10 Å². The van der Waals surface area contributed by atoms with Gasteiger partial charge < -0.3 is 9.47 Å². The Morgan fingerprint density at radius 2 is 1.91 bits per heavy atom. The van der Waals surface area contributed by atoms with Crippen LogP contribution in [-0.2, 0) is 4.79 Å². The predicted molar refractivity (Wildman–Crippen MR) is 93.0 cm³/mol. The minimum absolute atomic E-state index is 0.332. The average molecular weight is 377 g/mol. The molecule has 0 heterocycles. The largest absolute Gasteiger partial charge is 0.497 e. The smallest absolute Gasteiger partial charge is 0.280 e. The molecule has 23 heavy (non-hydrogen) atoms. The molecule has 0 radical (unpaired) electrons. The number of ether oxygens (including phenoxy) is 2. The number of methoxy groups -OCH3 is 1. The molecule has 1 amide bonds. The zero-order valence-electron chi connectivity index (χ0n) is 12.8. The van der Waals surface area contributed by atoms with Crippen molar-refractivity contribution in [2.45, 2.75) is 13.0 Å². The van der Waals surface area contributed by atoms with E-state index in [2.05, 4.69) is 26.5 Å². The third-order valence-corrected chi connectivity index (χ3v) is 3.51. The topological polar surface area (TPSA) is 59.9 Å². The van der Waals surface area contributed by atoms with Gasteiger partial charge in [0.05, 0.1) is 13.3 Å². The van der Waals surface area contributed by atoms with Crippen molar-refractivity contribution in [1.29, 1.82) is 0 Å². The molecule has 6 heteroatoms. The van der Waals surface area contributed by atoms with Gasteiger partial charge in [0.25, 0.3) is 5.91 Å². The van der Waals surface area contributed by atoms with Crippen LogP contribution in [0, 0.1) is 0 Å². The van der Waals surface area contributed by atoms with E-state index in [1.54, 1.807) is 44.5 Å². The molecule has 0 bridgehead atoms. The number of amides is 1. The summed E-state index contributed by atoms with van der Waals surface area (Å²) in [7, 11) is 1.58. The lowest BCUT2D eigenvalue weighted by molar-refractivity contribution is -0.127. The van der Waals surface area contributed by atoms with Gasteiger partial charge in [-0.15, -0.1) is 0 Å². The number of nitrogens with one attached hydrogen (secondary N) is 1. The summed E-state index contributed by atoms with van der Waals surface area (Å²) < 4.78 is 11.7. The van der Waals surface area contributed by atoms with E-state index in [1.807, 2.05) is 24.3 Å². The quantitative estimate of drug-likeness (QED) is 0.620. The van der Waals surface area contributed by atoms with Crippen LogP contribution >= 0.6 is 15.9 Å². The first-order valence-electron chi connectivity index (χ1n) is 6.97. The van der Waals surface area contributed by atoms with Gasteiger partial charge in [-0.1, -0.05) is 34.1 Å². The van der Waals surface area contributed by atoms with Crippen molar-refractivity contribution < 1.29 is 14.3 Å². The maximum atomic E-state index is 12.0. The molecule has 0 spiro atoms. The molecule has 0 saturated heterocycles. The highest BCUT2D eigenvalue weighted by atomic mass is 79.9. The standard InChI is InChI=1S/C17H17BrN2O3/c1-12(23-16-5-3-4-15(10-16)22-2)17(21)20-19-11-13-6-8-14(18)9-7-13/h3-12H,1-2H3,(H,20,21)/b19-11+. The molecule has 0 aliphatic rings. The maximum Gasteiger partial charge on any atom is 0.280 e. The molecule has 1 N–H and O–H groups in total. The number of benzene rings is 2. The van der Waals surface area contributed by atoms with Crippen LogP contribution in [0.2, 0.25) is 0 Å². The molecule has 0 aliphatic carbocycles. The van der Waals surface area contributed by atoms with Crippen LogP contribution in [0.25, 0.3) is 0 Å². The summed E-state index contributed by atoms with van der Waals surface area (Å²) in [5.41, 5.74) is 3.34. The normalized spacial score (nSPS) is 12.0. The summed E-state index contributed by atoms with van der Waals surface area (Å²) in [4.78, 5) is 12.0. The Balaban J connectivity index is 1.88. The molecule has 0 aliphatic heterocycles. The maximum absolute atomic E-state index is 12.0. The molecule has 2 aromatic rings. The molecular weight excluding hydrogens is 360 g/mol. The van der Waals surface area contributed by atoms with Gasteiger partial charge in [-0.25, -0.2) is 5.43 Å². The first-order valence-corrected chi connectivity index (χ1v) is 7.77. The fourth-order valence-corrected chi connectivity index (χ4v) is 2.01. The first-order chi connectivity index (χ1) is 11.1. The summed E-state index contributed by atoms with van der Waals surface area (Å²) in [5, 5.41) is 3.92. The number of carbonyl (C=O) groups is 1. The Kier molecular flexibility index (Phi) is 6.17. The van der Waals surface area contributed by atoms with E-state index in [4.69, 9.17) is 9.47 Å². The van der Waals surface area contributed by atoms with Gasteiger partial charge in [0, 0.05) is 10.5 Å². The van der Waals surface area contributed by atoms with Gasteiger partial charge in [0.1, 0.15) is 11.5 Å². The zero-order valence-corrected chi connectivity index (χ0v) is 14.4. The van der Waals surface area contributed by atoms with E-state index in [-0.39, 0.29) is 5.91 Å². The zero-order chi connectivity index (χ0) is 16.7. The monoisotopic (exact) mass is 376 g/mol. The Bertz CT molecular complexity index is 686. The fourth-order valence-electron chi connectivity index (χ4n) is 1.74. The lowest BCUT2D eigenvalue weighted by Gasteiger charge is -2.13. The van der Waals surface area contributed by atoms with E-state index >= 15 is 0 Å².